The summed E-state index contributed by atoms with van der Waals surface area (Å²) in [5, 5.41) is 0. The minimum absolute atomic E-state index is 0.234. The zero-order valence-electron chi connectivity index (χ0n) is 10.3. The summed E-state index contributed by atoms with van der Waals surface area (Å²) in [4.78, 5) is 11.9. The molecule has 1 aliphatic carbocycles. The Kier molecular flexibility index (Phi) is 2.97. The van der Waals surface area contributed by atoms with Crippen LogP contribution in [-0.2, 0) is 11.2 Å². The van der Waals surface area contributed by atoms with Gasteiger partial charge in [0.2, 0.25) is 0 Å². The third-order valence-corrected chi connectivity index (χ3v) is 3.74. The molecule has 1 atom stereocenters. The molecule has 2 aromatic rings. The molecule has 0 spiro atoms. The van der Waals surface area contributed by atoms with E-state index in [0.29, 0.717) is 18.6 Å². The van der Waals surface area contributed by atoms with Crippen LogP contribution in [0.15, 0.2) is 54.6 Å². The third-order valence-electron chi connectivity index (χ3n) is 3.74. The lowest BCUT2D eigenvalue weighted by Gasteiger charge is -2.17. The Morgan fingerprint density at radius 3 is 2.39 bits per heavy atom. The standard InChI is InChI=1S/C17H16O/c18-15-11-10-14-8-4-5-9-16(14)17(12-15)13-6-2-1-3-7-13/h1-9,17H,10-12H2/t17-/m0/s1. The molecule has 3 rings (SSSR count). The molecule has 90 valence electrons. The Morgan fingerprint density at radius 1 is 0.833 bits per heavy atom. The van der Waals surface area contributed by atoms with Gasteiger partial charge in [-0.2, -0.15) is 0 Å². The van der Waals surface area contributed by atoms with Gasteiger partial charge in [-0.25, -0.2) is 0 Å². The first-order valence-corrected chi connectivity index (χ1v) is 6.49. The van der Waals surface area contributed by atoms with E-state index >= 15 is 0 Å². The number of benzene rings is 2. The maximum absolute atomic E-state index is 11.9. The number of aryl methyl sites for hydroxylation is 1. The quantitative estimate of drug-likeness (QED) is 0.690. The molecule has 0 saturated heterocycles. The van der Waals surface area contributed by atoms with E-state index in [-0.39, 0.29) is 5.92 Å². The number of rotatable bonds is 1. The summed E-state index contributed by atoms with van der Waals surface area (Å²) < 4.78 is 0. The first-order chi connectivity index (χ1) is 8.84. The van der Waals surface area contributed by atoms with Crippen molar-refractivity contribution in [1.29, 1.82) is 0 Å². The number of Topliss-reactive ketones (excluding diaryl/α,β-unsaturated/α-hetero) is 1. The van der Waals surface area contributed by atoms with Gasteiger partial charge in [0.05, 0.1) is 0 Å². The van der Waals surface area contributed by atoms with Gasteiger partial charge >= 0.3 is 0 Å². The number of hydrogen-bond donors (Lipinski definition) is 0. The van der Waals surface area contributed by atoms with Crippen LogP contribution in [0.4, 0.5) is 0 Å². The minimum atomic E-state index is 0.234. The van der Waals surface area contributed by atoms with E-state index in [1.807, 2.05) is 18.2 Å². The van der Waals surface area contributed by atoms with Gasteiger partial charge in [-0.15, -0.1) is 0 Å². The second kappa shape index (κ2) is 4.77. The largest absolute Gasteiger partial charge is 0.300 e. The number of ketones is 1. The molecule has 2 aromatic carbocycles. The van der Waals surface area contributed by atoms with E-state index < -0.39 is 0 Å². The predicted octanol–water partition coefficient (Wildman–Crippen LogP) is 3.72. The topological polar surface area (TPSA) is 17.1 Å². The van der Waals surface area contributed by atoms with E-state index in [4.69, 9.17) is 0 Å². The highest BCUT2D eigenvalue weighted by atomic mass is 16.1. The van der Waals surface area contributed by atoms with Crippen LogP contribution in [0.3, 0.4) is 0 Å². The van der Waals surface area contributed by atoms with E-state index in [0.717, 1.165) is 6.42 Å². The first-order valence-electron chi connectivity index (χ1n) is 6.49. The summed E-state index contributed by atoms with van der Waals surface area (Å²) in [6.45, 7) is 0. The third kappa shape index (κ3) is 2.08. The van der Waals surface area contributed by atoms with Crippen molar-refractivity contribution in [3.05, 3.63) is 71.3 Å². The lowest BCUT2D eigenvalue weighted by molar-refractivity contribution is -0.119. The van der Waals surface area contributed by atoms with Crippen LogP contribution >= 0.6 is 0 Å². The molecule has 1 aliphatic rings. The number of carbonyl (C=O) groups is 1. The molecule has 0 saturated carbocycles. The minimum Gasteiger partial charge on any atom is -0.300 e. The van der Waals surface area contributed by atoms with Crippen molar-refractivity contribution in [2.24, 2.45) is 0 Å². The van der Waals surface area contributed by atoms with Crippen LogP contribution in [0.2, 0.25) is 0 Å². The molecule has 0 N–H and O–H groups in total. The number of fused-ring (bicyclic) bond motifs is 1. The van der Waals surface area contributed by atoms with Crippen LogP contribution in [-0.4, -0.2) is 5.78 Å². The van der Waals surface area contributed by atoms with Gasteiger partial charge in [0.25, 0.3) is 0 Å². The summed E-state index contributed by atoms with van der Waals surface area (Å²) >= 11 is 0. The van der Waals surface area contributed by atoms with Gasteiger partial charge in [0.1, 0.15) is 5.78 Å². The summed E-state index contributed by atoms with van der Waals surface area (Å²) in [5.74, 6) is 0.609. The summed E-state index contributed by atoms with van der Waals surface area (Å²) in [6, 6.07) is 18.8. The van der Waals surface area contributed by atoms with E-state index in [1.165, 1.54) is 16.7 Å². The average molecular weight is 236 g/mol. The highest BCUT2D eigenvalue weighted by molar-refractivity contribution is 5.81. The number of hydrogen-bond acceptors (Lipinski definition) is 1. The molecule has 0 unspecified atom stereocenters. The maximum Gasteiger partial charge on any atom is 0.134 e. The zero-order valence-corrected chi connectivity index (χ0v) is 10.3. The van der Waals surface area contributed by atoms with Gasteiger partial charge in [0.15, 0.2) is 0 Å². The number of carbonyl (C=O) groups excluding carboxylic acids is 1. The Balaban J connectivity index is 2.09. The molecular weight excluding hydrogens is 220 g/mol. The fraction of sp³-hybridized carbons (Fsp3) is 0.235. The van der Waals surface area contributed by atoms with Crippen molar-refractivity contribution in [2.45, 2.75) is 25.2 Å². The zero-order chi connectivity index (χ0) is 12.4. The molecule has 0 bridgehead atoms. The van der Waals surface area contributed by atoms with Gasteiger partial charge in [0, 0.05) is 18.8 Å². The van der Waals surface area contributed by atoms with E-state index in [2.05, 4.69) is 36.4 Å². The summed E-state index contributed by atoms with van der Waals surface area (Å²) in [7, 11) is 0. The monoisotopic (exact) mass is 236 g/mol. The van der Waals surface area contributed by atoms with Crippen LogP contribution in [0, 0.1) is 0 Å². The fourth-order valence-corrected chi connectivity index (χ4v) is 2.80. The lowest BCUT2D eigenvalue weighted by atomic mass is 9.86. The second-order valence-corrected chi connectivity index (χ2v) is 4.90. The van der Waals surface area contributed by atoms with E-state index in [1.54, 1.807) is 0 Å². The predicted molar refractivity (Wildman–Crippen MR) is 72.7 cm³/mol. The molecule has 1 nitrogen and oxygen atoms in total. The molecular formula is C17H16O. The average Bonchev–Trinajstić information content (AvgIpc) is 2.60. The van der Waals surface area contributed by atoms with Crippen molar-refractivity contribution in [3.63, 3.8) is 0 Å². The molecule has 0 heterocycles. The van der Waals surface area contributed by atoms with Crippen LogP contribution in [0.5, 0.6) is 0 Å². The summed E-state index contributed by atoms with van der Waals surface area (Å²) in [6.07, 6.45) is 2.21. The maximum atomic E-state index is 11.9. The summed E-state index contributed by atoms with van der Waals surface area (Å²) in [5.41, 5.74) is 3.91. The van der Waals surface area contributed by atoms with Gasteiger partial charge in [-0.05, 0) is 23.1 Å². The van der Waals surface area contributed by atoms with Crippen molar-refractivity contribution < 1.29 is 4.79 Å². The first kappa shape index (κ1) is 11.2. The van der Waals surface area contributed by atoms with Gasteiger partial charge in [-0.3, -0.25) is 4.79 Å². The van der Waals surface area contributed by atoms with E-state index in [9.17, 15) is 4.79 Å². The van der Waals surface area contributed by atoms with Crippen LogP contribution < -0.4 is 0 Å². The molecule has 1 heteroatoms. The SMILES string of the molecule is O=C1CCc2ccccc2[C@H](c2ccccc2)C1. The molecule has 0 amide bonds. The molecule has 0 aromatic heterocycles. The smallest absolute Gasteiger partial charge is 0.134 e. The lowest BCUT2D eigenvalue weighted by Crippen LogP contribution is -2.06. The van der Waals surface area contributed by atoms with Crippen LogP contribution in [0.25, 0.3) is 0 Å². The van der Waals surface area contributed by atoms with Crippen LogP contribution in [0.1, 0.15) is 35.4 Å². The normalized spacial score (nSPS) is 19.1. The Bertz CT molecular complexity index is 557. The Hall–Kier alpha value is -1.89. The molecule has 0 aliphatic heterocycles. The van der Waals surface area contributed by atoms with Crippen molar-refractivity contribution >= 4 is 5.78 Å². The highest BCUT2D eigenvalue weighted by Crippen LogP contribution is 2.34. The molecule has 0 radical (unpaired) electrons. The Morgan fingerprint density at radius 2 is 1.56 bits per heavy atom. The van der Waals surface area contributed by atoms with Gasteiger partial charge < -0.3 is 0 Å². The molecule has 0 fully saturated rings. The van der Waals surface area contributed by atoms with Crippen molar-refractivity contribution in [2.75, 3.05) is 0 Å². The fourth-order valence-electron chi connectivity index (χ4n) is 2.80. The Labute approximate surface area is 107 Å². The second-order valence-electron chi connectivity index (χ2n) is 4.90. The van der Waals surface area contributed by atoms with Crippen molar-refractivity contribution in [1.82, 2.24) is 0 Å². The molecule has 18 heavy (non-hydrogen) atoms. The highest BCUT2D eigenvalue weighted by Gasteiger charge is 2.23. The van der Waals surface area contributed by atoms with Gasteiger partial charge in [-0.1, -0.05) is 54.6 Å². The van der Waals surface area contributed by atoms with Crippen molar-refractivity contribution in [3.8, 4) is 0 Å².